The summed E-state index contributed by atoms with van der Waals surface area (Å²) >= 11 is 1.76. The maximum absolute atomic E-state index is 4.75. The monoisotopic (exact) mass is 464 g/mol. The van der Waals surface area contributed by atoms with Crippen molar-refractivity contribution in [3.8, 4) is 0 Å². The van der Waals surface area contributed by atoms with Crippen LogP contribution in [0.5, 0.6) is 0 Å². The second kappa shape index (κ2) is 12.1. The number of hydrogen-bond donors (Lipinski definition) is 2. The molecule has 1 aliphatic rings. The Morgan fingerprint density at radius 3 is 2.75 bits per heavy atom. The summed E-state index contributed by atoms with van der Waals surface area (Å²) in [7, 11) is 2.22. The van der Waals surface area contributed by atoms with Crippen LogP contribution >= 0.6 is 35.3 Å². The first-order valence-corrected chi connectivity index (χ1v) is 9.86. The average Bonchev–Trinajstić information content (AvgIpc) is 3.08. The predicted molar refractivity (Wildman–Crippen MR) is 117 cm³/mol. The van der Waals surface area contributed by atoms with Crippen LogP contribution in [0.3, 0.4) is 0 Å². The van der Waals surface area contributed by atoms with E-state index >= 15 is 0 Å². The molecular weight excluding hydrogens is 431 g/mol. The van der Waals surface area contributed by atoms with Crippen LogP contribution in [0, 0.1) is 5.92 Å². The number of nitrogens with one attached hydrogen (secondary N) is 2. The van der Waals surface area contributed by atoms with Crippen molar-refractivity contribution in [2.24, 2.45) is 10.9 Å². The third kappa shape index (κ3) is 7.70. The molecule has 1 saturated heterocycles. The number of rotatable bonds is 7. The van der Waals surface area contributed by atoms with E-state index in [0.29, 0.717) is 5.92 Å². The molecule has 4 nitrogen and oxygen atoms in total. The lowest BCUT2D eigenvalue weighted by atomic mass is 9.94. The summed E-state index contributed by atoms with van der Waals surface area (Å²) in [6, 6.07) is 2.20. The van der Waals surface area contributed by atoms with E-state index in [1.165, 1.54) is 37.9 Å². The molecule has 0 amide bonds. The minimum atomic E-state index is 0. The number of likely N-dealkylation sites (tertiary alicyclic amines) is 1. The number of aliphatic imine (C=N–C) groups is 1. The molecule has 0 spiro atoms. The van der Waals surface area contributed by atoms with Gasteiger partial charge in [-0.05, 0) is 74.6 Å². The van der Waals surface area contributed by atoms with Crippen LogP contribution in [-0.2, 0) is 0 Å². The van der Waals surface area contributed by atoms with Gasteiger partial charge in [-0.2, -0.15) is 11.3 Å². The van der Waals surface area contributed by atoms with Crippen LogP contribution in [0.15, 0.2) is 21.8 Å². The quantitative estimate of drug-likeness (QED) is 0.367. The molecular formula is C18H33IN4S. The topological polar surface area (TPSA) is 39.7 Å². The smallest absolute Gasteiger partial charge is 0.191 e. The summed E-state index contributed by atoms with van der Waals surface area (Å²) in [5, 5.41) is 11.2. The Morgan fingerprint density at radius 1 is 1.38 bits per heavy atom. The lowest BCUT2D eigenvalue weighted by molar-refractivity contribution is 0.213. The van der Waals surface area contributed by atoms with Gasteiger partial charge in [-0.25, -0.2) is 0 Å². The van der Waals surface area contributed by atoms with Gasteiger partial charge in [0.1, 0.15) is 0 Å². The molecule has 2 rings (SSSR count). The zero-order chi connectivity index (χ0) is 16.5. The Hall–Kier alpha value is -0.340. The van der Waals surface area contributed by atoms with E-state index in [4.69, 9.17) is 4.99 Å². The van der Waals surface area contributed by atoms with Crippen molar-refractivity contribution >= 4 is 41.3 Å². The molecule has 0 aromatic carbocycles. The normalized spacial score (nSPS) is 18.0. The molecule has 2 N–H and O–H groups in total. The summed E-state index contributed by atoms with van der Waals surface area (Å²) in [5.41, 5.74) is 1.39. The van der Waals surface area contributed by atoms with Gasteiger partial charge in [-0.15, -0.1) is 24.0 Å². The Kier molecular flexibility index (Phi) is 10.9. The number of thiophene rings is 1. The summed E-state index contributed by atoms with van der Waals surface area (Å²) in [6.07, 6.45) is 3.92. The van der Waals surface area contributed by atoms with Gasteiger partial charge in [0.25, 0.3) is 0 Å². The molecule has 0 saturated carbocycles. The van der Waals surface area contributed by atoms with Crippen molar-refractivity contribution in [1.29, 1.82) is 0 Å². The van der Waals surface area contributed by atoms with Gasteiger partial charge >= 0.3 is 0 Å². The molecule has 1 aliphatic heterocycles. The first-order chi connectivity index (χ1) is 11.2. The minimum absolute atomic E-state index is 0. The van der Waals surface area contributed by atoms with Crippen molar-refractivity contribution in [3.63, 3.8) is 0 Å². The number of halogens is 1. The van der Waals surface area contributed by atoms with Crippen molar-refractivity contribution in [2.75, 3.05) is 39.8 Å². The molecule has 0 aliphatic carbocycles. The highest BCUT2D eigenvalue weighted by Crippen LogP contribution is 2.19. The van der Waals surface area contributed by atoms with Crippen molar-refractivity contribution in [3.05, 3.63) is 22.4 Å². The van der Waals surface area contributed by atoms with E-state index in [-0.39, 0.29) is 24.0 Å². The second-order valence-corrected chi connectivity index (χ2v) is 7.42. The van der Waals surface area contributed by atoms with Crippen LogP contribution in [0.25, 0.3) is 0 Å². The molecule has 0 bridgehead atoms. The summed E-state index contributed by atoms with van der Waals surface area (Å²) in [4.78, 5) is 7.19. The highest BCUT2D eigenvalue weighted by molar-refractivity contribution is 14.0. The predicted octanol–water partition coefficient (Wildman–Crippen LogP) is 3.76. The Balaban J connectivity index is 0.00000288. The Bertz CT molecular complexity index is 456. The zero-order valence-corrected chi connectivity index (χ0v) is 18.4. The van der Waals surface area contributed by atoms with Gasteiger partial charge in [0.05, 0.1) is 0 Å². The Labute approximate surface area is 168 Å². The van der Waals surface area contributed by atoms with E-state index in [9.17, 15) is 0 Å². The summed E-state index contributed by atoms with van der Waals surface area (Å²) in [5.74, 6) is 2.31. The van der Waals surface area contributed by atoms with Gasteiger partial charge in [0.2, 0.25) is 0 Å². The van der Waals surface area contributed by atoms with Crippen molar-refractivity contribution < 1.29 is 0 Å². The first-order valence-electron chi connectivity index (χ1n) is 8.91. The standard InChI is InChI=1S/C18H32N4S.HI/c1-4-19-18(21-13-15(2)17-8-12-23-14-17)20-9-5-16-6-10-22(3)11-7-16;/h8,12,14-16H,4-7,9-11,13H2,1-3H3,(H2,19,20,21);1H. The molecule has 2 heterocycles. The lowest BCUT2D eigenvalue weighted by Gasteiger charge is -2.29. The number of piperidine rings is 1. The molecule has 1 fully saturated rings. The van der Waals surface area contributed by atoms with Crippen LogP contribution in [0.2, 0.25) is 0 Å². The molecule has 138 valence electrons. The highest BCUT2D eigenvalue weighted by atomic mass is 127. The van der Waals surface area contributed by atoms with E-state index in [1.807, 2.05) is 0 Å². The van der Waals surface area contributed by atoms with Gasteiger partial charge in [-0.1, -0.05) is 6.92 Å². The maximum atomic E-state index is 4.75. The lowest BCUT2D eigenvalue weighted by Crippen LogP contribution is -2.39. The average molecular weight is 464 g/mol. The third-order valence-electron chi connectivity index (χ3n) is 4.66. The fraction of sp³-hybridized carbons (Fsp3) is 0.722. The molecule has 6 heteroatoms. The number of guanidine groups is 1. The van der Waals surface area contributed by atoms with E-state index in [0.717, 1.165) is 31.5 Å². The molecule has 24 heavy (non-hydrogen) atoms. The largest absolute Gasteiger partial charge is 0.357 e. The van der Waals surface area contributed by atoms with Gasteiger partial charge < -0.3 is 15.5 Å². The fourth-order valence-electron chi connectivity index (χ4n) is 2.98. The fourth-order valence-corrected chi connectivity index (χ4v) is 3.76. The second-order valence-electron chi connectivity index (χ2n) is 6.64. The van der Waals surface area contributed by atoms with Crippen LogP contribution in [0.4, 0.5) is 0 Å². The highest BCUT2D eigenvalue weighted by Gasteiger charge is 2.16. The molecule has 1 unspecified atom stereocenters. The Morgan fingerprint density at radius 2 is 2.12 bits per heavy atom. The molecule has 0 radical (unpaired) electrons. The SMILES string of the molecule is CCNC(=NCC(C)c1ccsc1)NCCC1CCN(C)CC1.I. The summed E-state index contributed by atoms with van der Waals surface area (Å²) < 4.78 is 0. The number of hydrogen-bond acceptors (Lipinski definition) is 3. The van der Waals surface area contributed by atoms with E-state index in [2.05, 4.69) is 53.3 Å². The summed E-state index contributed by atoms with van der Waals surface area (Å²) in [6.45, 7) is 9.62. The minimum Gasteiger partial charge on any atom is -0.357 e. The van der Waals surface area contributed by atoms with Gasteiger partial charge in [-0.3, -0.25) is 4.99 Å². The van der Waals surface area contributed by atoms with E-state index in [1.54, 1.807) is 11.3 Å². The zero-order valence-electron chi connectivity index (χ0n) is 15.3. The van der Waals surface area contributed by atoms with Crippen LogP contribution in [-0.4, -0.2) is 50.6 Å². The maximum Gasteiger partial charge on any atom is 0.191 e. The molecule has 1 atom stereocenters. The van der Waals surface area contributed by atoms with E-state index < -0.39 is 0 Å². The van der Waals surface area contributed by atoms with Gasteiger partial charge in [0.15, 0.2) is 5.96 Å². The van der Waals surface area contributed by atoms with Crippen molar-refractivity contribution in [1.82, 2.24) is 15.5 Å². The molecule has 1 aromatic heterocycles. The third-order valence-corrected chi connectivity index (χ3v) is 5.36. The number of nitrogens with zero attached hydrogens (tertiary/aromatic N) is 2. The molecule has 1 aromatic rings. The van der Waals surface area contributed by atoms with Crippen LogP contribution < -0.4 is 10.6 Å². The van der Waals surface area contributed by atoms with Gasteiger partial charge in [0, 0.05) is 25.6 Å². The van der Waals surface area contributed by atoms with Crippen molar-refractivity contribution in [2.45, 2.75) is 39.0 Å². The van der Waals surface area contributed by atoms with Crippen LogP contribution in [0.1, 0.15) is 44.6 Å². The first kappa shape index (κ1) is 21.7.